The fourth-order valence-electron chi connectivity index (χ4n) is 2.62. The van der Waals surface area contributed by atoms with Crippen LogP contribution in [-0.4, -0.2) is 32.1 Å². The van der Waals surface area contributed by atoms with E-state index in [0.29, 0.717) is 17.3 Å². The first-order valence-corrected chi connectivity index (χ1v) is 6.66. The maximum absolute atomic E-state index is 11.3. The molecule has 2 atom stereocenters. The topological polar surface area (TPSA) is 37.4 Å². The normalized spacial score (nSPS) is 39.5. The summed E-state index contributed by atoms with van der Waals surface area (Å²) in [4.78, 5) is 0. The van der Waals surface area contributed by atoms with Crippen molar-refractivity contribution in [2.45, 2.75) is 20.3 Å². The molecule has 0 unspecified atom stereocenters. The first-order chi connectivity index (χ1) is 5.86. The second kappa shape index (κ2) is 2.48. The van der Waals surface area contributed by atoms with Crippen LogP contribution in [0.5, 0.6) is 0 Å². The van der Waals surface area contributed by atoms with Crippen molar-refractivity contribution in [2.24, 2.45) is 17.3 Å². The average molecular weight is 203 g/mol. The van der Waals surface area contributed by atoms with Crippen molar-refractivity contribution in [3.8, 4) is 0 Å². The molecule has 0 aromatic carbocycles. The number of hydrogen-bond donors (Lipinski definition) is 0. The van der Waals surface area contributed by atoms with Crippen LogP contribution in [0.2, 0.25) is 0 Å². The number of rotatable bonds is 2. The first kappa shape index (κ1) is 9.46. The molecule has 1 aliphatic heterocycles. The van der Waals surface area contributed by atoms with E-state index in [0.717, 1.165) is 13.1 Å². The zero-order chi connectivity index (χ0) is 9.85. The molecule has 4 heteroatoms. The lowest BCUT2D eigenvalue weighted by atomic mass is 9.92. The van der Waals surface area contributed by atoms with Crippen molar-refractivity contribution in [3.05, 3.63) is 0 Å². The van der Waals surface area contributed by atoms with Gasteiger partial charge in [-0.05, 0) is 23.7 Å². The molecule has 1 saturated carbocycles. The van der Waals surface area contributed by atoms with Crippen LogP contribution in [0.15, 0.2) is 0 Å². The molecule has 2 aliphatic rings. The maximum Gasteiger partial charge on any atom is 0.211 e. The number of sulfonamides is 1. The third-order valence-electron chi connectivity index (χ3n) is 3.79. The van der Waals surface area contributed by atoms with Gasteiger partial charge in [-0.25, -0.2) is 12.7 Å². The largest absolute Gasteiger partial charge is 0.213 e. The molecule has 0 bridgehead atoms. The van der Waals surface area contributed by atoms with E-state index in [-0.39, 0.29) is 0 Å². The van der Waals surface area contributed by atoms with E-state index in [9.17, 15) is 8.42 Å². The van der Waals surface area contributed by atoms with Crippen molar-refractivity contribution in [3.63, 3.8) is 0 Å². The van der Waals surface area contributed by atoms with Crippen molar-refractivity contribution >= 4 is 10.0 Å². The van der Waals surface area contributed by atoms with Gasteiger partial charge in [-0.2, -0.15) is 0 Å². The van der Waals surface area contributed by atoms with Crippen LogP contribution in [0.1, 0.15) is 20.3 Å². The Bertz CT molecular complexity index is 323. The van der Waals surface area contributed by atoms with E-state index >= 15 is 0 Å². The van der Waals surface area contributed by atoms with Gasteiger partial charge in [0.25, 0.3) is 0 Å². The van der Waals surface area contributed by atoms with Gasteiger partial charge >= 0.3 is 0 Å². The zero-order valence-electron chi connectivity index (χ0n) is 8.45. The summed E-state index contributed by atoms with van der Waals surface area (Å²) in [6.45, 7) is 5.92. The minimum absolute atomic E-state index is 0.336. The molecule has 0 aromatic heterocycles. The van der Waals surface area contributed by atoms with E-state index in [1.807, 2.05) is 0 Å². The van der Waals surface area contributed by atoms with E-state index in [2.05, 4.69) is 13.8 Å². The molecule has 1 heterocycles. The van der Waals surface area contributed by atoms with E-state index in [4.69, 9.17) is 0 Å². The molecule has 3 nitrogen and oxygen atoms in total. The quantitative estimate of drug-likeness (QED) is 0.669. The molecule has 0 N–H and O–H groups in total. The van der Waals surface area contributed by atoms with E-state index in [1.165, 1.54) is 12.7 Å². The van der Waals surface area contributed by atoms with Gasteiger partial charge in [0.05, 0.1) is 6.26 Å². The van der Waals surface area contributed by atoms with Crippen LogP contribution in [-0.2, 0) is 10.0 Å². The minimum atomic E-state index is -2.94. The molecule has 0 amide bonds. The Balaban J connectivity index is 2.14. The lowest BCUT2D eigenvalue weighted by Crippen LogP contribution is -2.32. The Kier molecular flexibility index (Phi) is 1.81. The Morgan fingerprint density at radius 2 is 2.08 bits per heavy atom. The highest BCUT2D eigenvalue weighted by Gasteiger charge is 2.62. The fraction of sp³-hybridized carbons (Fsp3) is 1.00. The summed E-state index contributed by atoms with van der Waals surface area (Å²) >= 11 is 0. The number of hydrogen-bond acceptors (Lipinski definition) is 2. The van der Waals surface area contributed by atoms with Crippen molar-refractivity contribution in [1.82, 2.24) is 4.31 Å². The molecule has 0 radical (unpaired) electrons. The Morgan fingerprint density at radius 3 is 2.38 bits per heavy atom. The minimum Gasteiger partial charge on any atom is -0.213 e. The SMILES string of the molecule is CC(C)[C@]12C[C@H]1CN(S(C)(=O)=O)C2. The predicted molar refractivity (Wildman–Crippen MR) is 51.8 cm³/mol. The van der Waals surface area contributed by atoms with Gasteiger partial charge in [-0.15, -0.1) is 0 Å². The Hall–Kier alpha value is -0.0900. The standard InChI is InChI=1S/C9H17NO2S/c1-7(2)9-4-8(9)5-10(6-9)13(3,11)12/h7-8H,4-6H2,1-3H3/t8-,9+/m0/s1. The van der Waals surface area contributed by atoms with Gasteiger partial charge in [-0.3, -0.25) is 0 Å². The van der Waals surface area contributed by atoms with Crippen LogP contribution in [0.25, 0.3) is 0 Å². The van der Waals surface area contributed by atoms with Crippen molar-refractivity contribution in [1.29, 1.82) is 0 Å². The lowest BCUT2D eigenvalue weighted by Gasteiger charge is -2.21. The summed E-state index contributed by atoms with van der Waals surface area (Å²) in [5.41, 5.74) is 0.336. The predicted octanol–water partition coefficient (Wildman–Crippen LogP) is 0.924. The molecular weight excluding hydrogens is 186 g/mol. The summed E-state index contributed by atoms with van der Waals surface area (Å²) in [6, 6.07) is 0. The summed E-state index contributed by atoms with van der Waals surface area (Å²) in [6.07, 6.45) is 2.54. The molecule has 0 spiro atoms. The van der Waals surface area contributed by atoms with Gasteiger partial charge in [0.1, 0.15) is 0 Å². The first-order valence-electron chi connectivity index (χ1n) is 4.81. The monoisotopic (exact) mass is 203 g/mol. The molecule has 13 heavy (non-hydrogen) atoms. The van der Waals surface area contributed by atoms with Crippen LogP contribution in [0, 0.1) is 17.3 Å². The van der Waals surface area contributed by atoms with Crippen LogP contribution < -0.4 is 0 Å². The summed E-state index contributed by atoms with van der Waals surface area (Å²) in [5, 5.41) is 0. The number of fused-ring (bicyclic) bond motifs is 1. The zero-order valence-corrected chi connectivity index (χ0v) is 9.26. The highest BCUT2D eigenvalue weighted by molar-refractivity contribution is 7.88. The molecule has 1 saturated heterocycles. The highest BCUT2D eigenvalue weighted by atomic mass is 32.2. The van der Waals surface area contributed by atoms with E-state index < -0.39 is 10.0 Å². The number of nitrogens with zero attached hydrogens (tertiary/aromatic N) is 1. The van der Waals surface area contributed by atoms with Crippen LogP contribution >= 0.6 is 0 Å². The Morgan fingerprint density at radius 1 is 1.46 bits per heavy atom. The second-order valence-electron chi connectivity index (χ2n) is 4.84. The maximum atomic E-state index is 11.3. The summed E-state index contributed by atoms with van der Waals surface area (Å²) in [7, 11) is -2.94. The molecular formula is C9H17NO2S. The van der Waals surface area contributed by atoms with Gasteiger partial charge in [0.15, 0.2) is 0 Å². The lowest BCUT2D eigenvalue weighted by molar-refractivity contribution is 0.325. The molecule has 0 aromatic rings. The molecule has 2 fully saturated rings. The average Bonchev–Trinajstić information content (AvgIpc) is 2.53. The summed E-state index contributed by atoms with van der Waals surface area (Å²) in [5.74, 6) is 1.26. The third-order valence-corrected chi connectivity index (χ3v) is 5.01. The molecule has 1 aliphatic carbocycles. The number of piperidine rings is 1. The molecule has 2 rings (SSSR count). The van der Waals surface area contributed by atoms with Crippen molar-refractivity contribution in [2.75, 3.05) is 19.3 Å². The van der Waals surface area contributed by atoms with Gasteiger partial charge < -0.3 is 0 Å². The smallest absolute Gasteiger partial charge is 0.211 e. The van der Waals surface area contributed by atoms with E-state index in [1.54, 1.807) is 4.31 Å². The van der Waals surface area contributed by atoms with Gasteiger partial charge in [0, 0.05) is 13.1 Å². The third kappa shape index (κ3) is 1.31. The van der Waals surface area contributed by atoms with Crippen LogP contribution in [0.4, 0.5) is 0 Å². The highest BCUT2D eigenvalue weighted by Crippen LogP contribution is 2.62. The van der Waals surface area contributed by atoms with Crippen LogP contribution in [0.3, 0.4) is 0 Å². The Labute approximate surface area is 80.2 Å². The summed E-state index contributed by atoms with van der Waals surface area (Å²) < 4.78 is 24.2. The fourth-order valence-corrected chi connectivity index (χ4v) is 3.55. The van der Waals surface area contributed by atoms with Gasteiger partial charge in [0.2, 0.25) is 10.0 Å². The molecule has 76 valence electrons. The van der Waals surface area contributed by atoms with Crippen molar-refractivity contribution < 1.29 is 8.42 Å². The van der Waals surface area contributed by atoms with Gasteiger partial charge in [-0.1, -0.05) is 13.8 Å². The second-order valence-corrected chi connectivity index (χ2v) is 6.83.